The zero-order valence-corrected chi connectivity index (χ0v) is 7.31. The summed E-state index contributed by atoms with van der Waals surface area (Å²) in [6.07, 6.45) is 3.48. The average molecular weight is 171 g/mol. The van der Waals surface area contributed by atoms with Gasteiger partial charge in [0, 0.05) is 18.1 Å². The van der Waals surface area contributed by atoms with Crippen LogP contribution in [0.25, 0.3) is 11.5 Å². The third-order valence-electron chi connectivity index (χ3n) is 1.69. The van der Waals surface area contributed by atoms with E-state index in [2.05, 4.69) is 15.0 Å². The van der Waals surface area contributed by atoms with E-state index in [1.54, 1.807) is 12.4 Å². The molecule has 64 valence electrons. The quantitative estimate of drug-likeness (QED) is 0.657. The molecular weight excluding hydrogens is 162 g/mol. The van der Waals surface area contributed by atoms with E-state index in [-0.39, 0.29) is 0 Å². The molecule has 3 heteroatoms. The normalized spacial score (nSPS) is 9.92. The van der Waals surface area contributed by atoms with Crippen LogP contribution in [0.4, 0.5) is 0 Å². The maximum absolute atomic E-state index is 4.27. The third kappa shape index (κ3) is 1.69. The molecule has 0 saturated heterocycles. The molecule has 0 aliphatic rings. The Kier molecular flexibility index (Phi) is 2.00. The Morgan fingerprint density at radius 2 is 1.92 bits per heavy atom. The number of hydrogen-bond donors (Lipinski definition) is 0. The van der Waals surface area contributed by atoms with E-state index in [0.29, 0.717) is 5.82 Å². The number of rotatable bonds is 1. The minimum atomic E-state index is 0.681. The zero-order chi connectivity index (χ0) is 9.10. The molecule has 0 aromatic carbocycles. The predicted octanol–water partition coefficient (Wildman–Crippen LogP) is 1.85. The summed E-state index contributed by atoms with van der Waals surface area (Å²) >= 11 is 0. The van der Waals surface area contributed by atoms with Gasteiger partial charge in [0.05, 0.1) is 0 Å². The Labute approximate surface area is 76.5 Å². The summed E-state index contributed by atoms with van der Waals surface area (Å²) in [4.78, 5) is 12.6. The SMILES string of the molecule is Cc1ccnc(-c2ccccn2)n1. The van der Waals surface area contributed by atoms with Crippen molar-refractivity contribution in [3.05, 3.63) is 42.4 Å². The van der Waals surface area contributed by atoms with Crippen LogP contribution in [0, 0.1) is 6.92 Å². The largest absolute Gasteiger partial charge is 0.253 e. The van der Waals surface area contributed by atoms with Crippen LogP contribution >= 0.6 is 0 Å². The van der Waals surface area contributed by atoms with Crippen LogP contribution in [0.15, 0.2) is 36.7 Å². The number of aryl methyl sites for hydroxylation is 1. The average Bonchev–Trinajstić information content (AvgIpc) is 2.19. The summed E-state index contributed by atoms with van der Waals surface area (Å²) in [6, 6.07) is 7.56. The molecule has 0 aliphatic heterocycles. The summed E-state index contributed by atoms with van der Waals surface area (Å²) in [5.74, 6) is 0.681. The van der Waals surface area contributed by atoms with E-state index in [4.69, 9.17) is 0 Å². The lowest BCUT2D eigenvalue weighted by atomic mass is 10.3. The van der Waals surface area contributed by atoms with E-state index < -0.39 is 0 Å². The predicted molar refractivity (Wildman–Crippen MR) is 50.0 cm³/mol. The van der Waals surface area contributed by atoms with Gasteiger partial charge in [-0.1, -0.05) is 6.07 Å². The molecule has 0 saturated carbocycles. The maximum atomic E-state index is 4.27. The molecule has 0 unspecified atom stereocenters. The highest BCUT2D eigenvalue weighted by Crippen LogP contribution is 2.09. The smallest absolute Gasteiger partial charge is 0.178 e. The van der Waals surface area contributed by atoms with Crippen LogP contribution in [-0.4, -0.2) is 15.0 Å². The minimum absolute atomic E-state index is 0.681. The Bertz CT molecular complexity index is 398. The van der Waals surface area contributed by atoms with E-state index >= 15 is 0 Å². The van der Waals surface area contributed by atoms with Gasteiger partial charge in [-0.3, -0.25) is 4.98 Å². The van der Waals surface area contributed by atoms with Gasteiger partial charge in [-0.15, -0.1) is 0 Å². The number of pyridine rings is 1. The van der Waals surface area contributed by atoms with Crippen molar-refractivity contribution in [1.29, 1.82) is 0 Å². The summed E-state index contributed by atoms with van der Waals surface area (Å²) in [5.41, 5.74) is 1.77. The topological polar surface area (TPSA) is 38.7 Å². The van der Waals surface area contributed by atoms with Crippen molar-refractivity contribution in [2.24, 2.45) is 0 Å². The third-order valence-corrected chi connectivity index (χ3v) is 1.69. The van der Waals surface area contributed by atoms with Crippen molar-refractivity contribution in [2.75, 3.05) is 0 Å². The minimum Gasteiger partial charge on any atom is -0.253 e. The van der Waals surface area contributed by atoms with E-state index in [1.807, 2.05) is 31.2 Å². The molecular formula is C10H9N3. The first-order chi connectivity index (χ1) is 6.36. The molecule has 2 aromatic rings. The first kappa shape index (κ1) is 7.86. The lowest BCUT2D eigenvalue weighted by Crippen LogP contribution is -1.91. The molecule has 0 radical (unpaired) electrons. The highest BCUT2D eigenvalue weighted by atomic mass is 14.9. The van der Waals surface area contributed by atoms with Gasteiger partial charge < -0.3 is 0 Å². The zero-order valence-electron chi connectivity index (χ0n) is 7.31. The molecule has 3 nitrogen and oxygen atoms in total. The summed E-state index contributed by atoms with van der Waals surface area (Å²) < 4.78 is 0. The molecule has 0 fully saturated rings. The van der Waals surface area contributed by atoms with Gasteiger partial charge in [-0.25, -0.2) is 9.97 Å². The molecule has 2 heterocycles. The molecule has 0 bridgehead atoms. The highest BCUT2D eigenvalue weighted by Gasteiger charge is 1.99. The number of aromatic nitrogens is 3. The van der Waals surface area contributed by atoms with Crippen molar-refractivity contribution in [3.8, 4) is 11.5 Å². The molecule has 2 aromatic heterocycles. The van der Waals surface area contributed by atoms with Crippen LogP contribution in [0.2, 0.25) is 0 Å². The summed E-state index contributed by atoms with van der Waals surface area (Å²) in [5, 5.41) is 0. The first-order valence-electron chi connectivity index (χ1n) is 4.07. The van der Waals surface area contributed by atoms with Crippen LogP contribution in [0.1, 0.15) is 5.69 Å². The fourth-order valence-corrected chi connectivity index (χ4v) is 1.07. The summed E-state index contributed by atoms with van der Waals surface area (Å²) in [7, 11) is 0. The lowest BCUT2D eigenvalue weighted by molar-refractivity contribution is 1.09. The Balaban J connectivity index is 2.48. The highest BCUT2D eigenvalue weighted by molar-refractivity contribution is 5.47. The molecule has 2 rings (SSSR count). The molecule has 0 spiro atoms. The van der Waals surface area contributed by atoms with Crippen molar-refractivity contribution in [3.63, 3.8) is 0 Å². The second kappa shape index (κ2) is 3.31. The van der Waals surface area contributed by atoms with Crippen molar-refractivity contribution < 1.29 is 0 Å². The number of hydrogen-bond acceptors (Lipinski definition) is 3. The van der Waals surface area contributed by atoms with Gasteiger partial charge in [0.1, 0.15) is 5.69 Å². The van der Waals surface area contributed by atoms with E-state index in [1.165, 1.54) is 0 Å². The second-order valence-electron chi connectivity index (χ2n) is 2.74. The first-order valence-corrected chi connectivity index (χ1v) is 4.07. The van der Waals surface area contributed by atoms with Gasteiger partial charge >= 0.3 is 0 Å². The molecule has 0 atom stereocenters. The maximum Gasteiger partial charge on any atom is 0.178 e. The fraction of sp³-hybridized carbons (Fsp3) is 0.100. The second-order valence-corrected chi connectivity index (χ2v) is 2.74. The molecule has 13 heavy (non-hydrogen) atoms. The van der Waals surface area contributed by atoms with E-state index in [0.717, 1.165) is 11.4 Å². The standard InChI is InChI=1S/C10H9N3/c1-8-5-7-12-10(13-8)9-4-2-3-6-11-9/h2-7H,1H3. The van der Waals surface area contributed by atoms with Crippen molar-refractivity contribution in [1.82, 2.24) is 15.0 Å². The fourth-order valence-electron chi connectivity index (χ4n) is 1.07. The van der Waals surface area contributed by atoms with Crippen LogP contribution in [0.3, 0.4) is 0 Å². The van der Waals surface area contributed by atoms with Crippen LogP contribution < -0.4 is 0 Å². The molecule has 0 amide bonds. The van der Waals surface area contributed by atoms with Crippen molar-refractivity contribution in [2.45, 2.75) is 6.92 Å². The Morgan fingerprint density at radius 3 is 2.62 bits per heavy atom. The van der Waals surface area contributed by atoms with Gasteiger partial charge in [0.15, 0.2) is 5.82 Å². The van der Waals surface area contributed by atoms with E-state index in [9.17, 15) is 0 Å². The molecule has 0 N–H and O–H groups in total. The number of nitrogens with zero attached hydrogens (tertiary/aromatic N) is 3. The van der Waals surface area contributed by atoms with Crippen molar-refractivity contribution >= 4 is 0 Å². The Hall–Kier alpha value is -1.77. The van der Waals surface area contributed by atoms with Crippen LogP contribution in [0.5, 0.6) is 0 Å². The monoisotopic (exact) mass is 171 g/mol. The van der Waals surface area contributed by atoms with Gasteiger partial charge in [0.2, 0.25) is 0 Å². The van der Waals surface area contributed by atoms with Crippen LogP contribution in [-0.2, 0) is 0 Å². The summed E-state index contributed by atoms with van der Waals surface area (Å²) in [6.45, 7) is 1.94. The van der Waals surface area contributed by atoms with Gasteiger partial charge in [-0.2, -0.15) is 0 Å². The van der Waals surface area contributed by atoms with Gasteiger partial charge in [-0.05, 0) is 25.1 Å². The molecule has 0 aliphatic carbocycles. The van der Waals surface area contributed by atoms with Gasteiger partial charge in [0.25, 0.3) is 0 Å². The lowest BCUT2D eigenvalue weighted by Gasteiger charge is -1.98. The Morgan fingerprint density at radius 1 is 1.00 bits per heavy atom.